The molecule has 0 fully saturated rings. The molecule has 0 amide bonds. The maximum atomic E-state index is 12.6. The van der Waals surface area contributed by atoms with Crippen LogP contribution < -0.4 is 4.72 Å². The van der Waals surface area contributed by atoms with Gasteiger partial charge in [-0.3, -0.25) is 4.98 Å². The van der Waals surface area contributed by atoms with Crippen LogP contribution >= 0.6 is 22.6 Å². The van der Waals surface area contributed by atoms with Crippen LogP contribution in [-0.2, 0) is 10.0 Å². The van der Waals surface area contributed by atoms with Gasteiger partial charge in [-0.05, 0) is 30.2 Å². The highest BCUT2D eigenvalue weighted by Crippen LogP contribution is 2.22. The minimum absolute atomic E-state index is 0.0764. The standard InChI is InChI=1S/C14H17IN2O2S/c1-10(2)13(9-15)17-20(18,19)14-7-3-6-12-11(14)5-4-8-16-12/h3-8,10,13,17H,9H2,1-2H3. The number of halogens is 1. The number of fused-ring (bicyclic) bond motifs is 1. The van der Waals surface area contributed by atoms with Gasteiger partial charge in [0.15, 0.2) is 0 Å². The van der Waals surface area contributed by atoms with E-state index in [-0.39, 0.29) is 12.0 Å². The van der Waals surface area contributed by atoms with E-state index in [0.717, 1.165) is 4.43 Å². The summed E-state index contributed by atoms with van der Waals surface area (Å²) >= 11 is 2.20. The maximum Gasteiger partial charge on any atom is 0.241 e. The summed E-state index contributed by atoms with van der Waals surface area (Å²) in [6.45, 7) is 4.02. The number of alkyl halides is 1. The van der Waals surface area contributed by atoms with Gasteiger partial charge in [-0.25, -0.2) is 13.1 Å². The molecular formula is C14H17IN2O2S. The third-order valence-corrected chi connectivity index (χ3v) is 5.67. The molecule has 0 aliphatic carbocycles. The summed E-state index contributed by atoms with van der Waals surface area (Å²) in [5, 5.41) is 0.651. The van der Waals surface area contributed by atoms with Gasteiger partial charge in [-0.2, -0.15) is 0 Å². The largest absolute Gasteiger partial charge is 0.256 e. The van der Waals surface area contributed by atoms with E-state index >= 15 is 0 Å². The van der Waals surface area contributed by atoms with Crippen LogP contribution in [0, 0.1) is 5.92 Å². The van der Waals surface area contributed by atoms with Crippen molar-refractivity contribution in [3.05, 3.63) is 36.5 Å². The lowest BCUT2D eigenvalue weighted by Crippen LogP contribution is -2.39. The van der Waals surface area contributed by atoms with Crippen molar-refractivity contribution >= 4 is 43.5 Å². The monoisotopic (exact) mass is 404 g/mol. The number of hydrogen-bond acceptors (Lipinski definition) is 3. The summed E-state index contributed by atoms with van der Waals surface area (Å²) in [7, 11) is -3.54. The lowest BCUT2D eigenvalue weighted by Gasteiger charge is -2.20. The van der Waals surface area contributed by atoms with Gasteiger partial charge in [0, 0.05) is 22.1 Å². The van der Waals surface area contributed by atoms with Gasteiger partial charge in [0.1, 0.15) is 0 Å². The number of nitrogens with zero attached hydrogens (tertiary/aromatic N) is 1. The quantitative estimate of drug-likeness (QED) is 0.616. The normalized spacial score (nSPS) is 13.8. The highest BCUT2D eigenvalue weighted by molar-refractivity contribution is 14.1. The van der Waals surface area contributed by atoms with E-state index in [4.69, 9.17) is 0 Å². The molecule has 0 radical (unpaired) electrons. The Labute approximate surface area is 133 Å². The highest BCUT2D eigenvalue weighted by atomic mass is 127. The number of benzene rings is 1. The molecule has 1 unspecified atom stereocenters. The number of pyridine rings is 1. The van der Waals surface area contributed by atoms with Crippen LogP contribution in [0.4, 0.5) is 0 Å². The van der Waals surface area contributed by atoms with Crippen molar-refractivity contribution < 1.29 is 8.42 Å². The van der Waals surface area contributed by atoms with E-state index < -0.39 is 10.0 Å². The molecule has 0 spiro atoms. The number of sulfonamides is 1. The summed E-state index contributed by atoms with van der Waals surface area (Å²) < 4.78 is 28.7. The molecule has 1 heterocycles. The van der Waals surface area contributed by atoms with Gasteiger partial charge in [0.05, 0.1) is 10.4 Å². The van der Waals surface area contributed by atoms with Crippen molar-refractivity contribution in [3.8, 4) is 0 Å². The fourth-order valence-electron chi connectivity index (χ4n) is 1.92. The molecule has 2 rings (SSSR count). The van der Waals surface area contributed by atoms with Crippen LogP contribution in [0.25, 0.3) is 10.9 Å². The van der Waals surface area contributed by atoms with Crippen molar-refractivity contribution in [2.75, 3.05) is 4.43 Å². The molecule has 1 aromatic carbocycles. The maximum absolute atomic E-state index is 12.6. The second kappa shape index (κ2) is 6.36. The molecule has 0 saturated carbocycles. The second-order valence-electron chi connectivity index (χ2n) is 4.95. The average Bonchev–Trinajstić information content (AvgIpc) is 2.43. The minimum atomic E-state index is -3.54. The van der Waals surface area contributed by atoms with Crippen molar-refractivity contribution in [1.82, 2.24) is 9.71 Å². The molecule has 0 aliphatic rings. The zero-order valence-corrected chi connectivity index (χ0v) is 14.3. The topological polar surface area (TPSA) is 59.1 Å². The van der Waals surface area contributed by atoms with E-state index in [9.17, 15) is 8.42 Å². The molecule has 0 aliphatic heterocycles. The number of aromatic nitrogens is 1. The molecule has 1 atom stereocenters. The Morgan fingerprint density at radius 3 is 2.65 bits per heavy atom. The van der Waals surface area contributed by atoms with Crippen molar-refractivity contribution in [3.63, 3.8) is 0 Å². The molecule has 20 heavy (non-hydrogen) atoms. The Bertz CT molecular complexity index is 696. The Morgan fingerprint density at radius 1 is 1.25 bits per heavy atom. The minimum Gasteiger partial charge on any atom is -0.256 e. The molecule has 1 aromatic heterocycles. The first-order chi connectivity index (χ1) is 9.45. The first kappa shape index (κ1) is 15.7. The van der Waals surface area contributed by atoms with Crippen LogP contribution in [0.1, 0.15) is 13.8 Å². The summed E-state index contributed by atoms with van der Waals surface area (Å²) in [4.78, 5) is 4.49. The Hall–Kier alpha value is -0.730. The van der Waals surface area contributed by atoms with Gasteiger partial charge in [-0.1, -0.05) is 42.5 Å². The van der Waals surface area contributed by atoms with Gasteiger partial charge in [0.25, 0.3) is 0 Å². The van der Waals surface area contributed by atoms with Crippen LogP contribution in [-0.4, -0.2) is 23.9 Å². The molecule has 0 saturated heterocycles. The summed E-state index contributed by atoms with van der Waals surface area (Å²) in [6.07, 6.45) is 1.66. The zero-order chi connectivity index (χ0) is 14.8. The smallest absolute Gasteiger partial charge is 0.241 e. The third-order valence-electron chi connectivity index (χ3n) is 3.17. The van der Waals surface area contributed by atoms with E-state index in [1.807, 2.05) is 19.9 Å². The molecule has 108 valence electrons. The van der Waals surface area contributed by atoms with E-state index in [1.54, 1.807) is 30.5 Å². The Kier molecular flexibility index (Phi) is 4.98. The Balaban J connectivity index is 2.47. The van der Waals surface area contributed by atoms with Crippen molar-refractivity contribution in [2.45, 2.75) is 24.8 Å². The number of rotatable bonds is 5. The van der Waals surface area contributed by atoms with E-state index in [0.29, 0.717) is 15.8 Å². The average molecular weight is 404 g/mol. The third kappa shape index (κ3) is 3.29. The van der Waals surface area contributed by atoms with Crippen LogP contribution in [0.15, 0.2) is 41.4 Å². The summed E-state index contributed by atoms with van der Waals surface area (Å²) in [5.41, 5.74) is 0.686. The summed E-state index contributed by atoms with van der Waals surface area (Å²) in [6, 6.07) is 8.61. The first-order valence-electron chi connectivity index (χ1n) is 6.37. The van der Waals surface area contributed by atoms with Crippen LogP contribution in [0.3, 0.4) is 0 Å². The molecule has 6 heteroatoms. The van der Waals surface area contributed by atoms with E-state index in [2.05, 4.69) is 32.3 Å². The fourth-order valence-corrected chi connectivity index (χ4v) is 5.05. The SMILES string of the molecule is CC(C)C(CI)NS(=O)(=O)c1cccc2ncccc12. The number of nitrogens with one attached hydrogen (secondary N) is 1. The van der Waals surface area contributed by atoms with Crippen LogP contribution in [0.5, 0.6) is 0 Å². The van der Waals surface area contributed by atoms with Gasteiger partial charge in [-0.15, -0.1) is 0 Å². The predicted octanol–water partition coefficient (Wildman–Crippen LogP) is 2.97. The second-order valence-corrected chi connectivity index (χ2v) is 7.52. The fraction of sp³-hybridized carbons (Fsp3) is 0.357. The lowest BCUT2D eigenvalue weighted by molar-refractivity contribution is 0.486. The molecule has 0 bridgehead atoms. The number of hydrogen-bond donors (Lipinski definition) is 1. The van der Waals surface area contributed by atoms with Crippen molar-refractivity contribution in [1.29, 1.82) is 0 Å². The highest BCUT2D eigenvalue weighted by Gasteiger charge is 2.23. The first-order valence-corrected chi connectivity index (χ1v) is 9.38. The van der Waals surface area contributed by atoms with Crippen molar-refractivity contribution in [2.24, 2.45) is 5.92 Å². The zero-order valence-electron chi connectivity index (χ0n) is 11.4. The molecule has 2 aromatic rings. The molecule has 4 nitrogen and oxygen atoms in total. The van der Waals surface area contributed by atoms with Gasteiger partial charge in [0.2, 0.25) is 10.0 Å². The Morgan fingerprint density at radius 2 is 2.00 bits per heavy atom. The van der Waals surface area contributed by atoms with E-state index in [1.165, 1.54) is 0 Å². The van der Waals surface area contributed by atoms with Crippen LogP contribution in [0.2, 0.25) is 0 Å². The van der Waals surface area contributed by atoms with Gasteiger partial charge >= 0.3 is 0 Å². The lowest BCUT2D eigenvalue weighted by atomic mass is 10.1. The predicted molar refractivity (Wildman–Crippen MR) is 89.6 cm³/mol. The molecule has 1 N–H and O–H groups in total. The summed E-state index contributed by atoms with van der Waals surface area (Å²) in [5.74, 6) is 0.245. The van der Waals surface area contributed by atoms with Gasteiger partial charge < -0.3 is 0 Å². The molecular weight excluding hydrogens is 387 g/mol.